The largest absolute Gasteiger partial charge is 0.360 e. The van der Waals surface area contributed by atoms with E-state index in [4.69, 9.17) is 19.7 Å². The number of aromatic nitrogens is 6. The average molecular weight is 1290 g/mol. The fourth-order valence-corrected chi connectivity index (χ4v) is 13.3. The van der Waals surface area contributed by atoms with Crippen molar-refractivity contribution in [1.82, 2.24) is 39.9 Å². The number of benzene rings is 4. The molecule has 0 fully saturated rings. The Morgan fingerprint density at radius 1 is 0.663 bits per heavy atom. The highest BCUT2D eigenvalue weighted by Gasteiger charge is 2.37. The van der Waals surface area contributed by atoms with E-state index in [0.29, 0.717) is 36.7 Å². The first-order valence-electron chi connectivity index (χ1n) is 28.4. The van der Waals surface area contributed by atoms with E-state index in [2.05, 4.69) is 136 Å². The summed E-state index contributed by atoms with van der Waals surface area (Å²) in [4.78, 5) is 51.6. The number of fused-ring (bicyclic) bond motifs is 2. The minimum absolute atomic E-state index is 0.0305. The van der Waals surface area contributed by atoms with Gasteiger partial charge in [0.2, 0.25) is 11.8 Å². The van der Waals surface area contributed by atoms with Crippen molar-refractivity contribution in [2.24, 2.45) is 7.05 Å². The van der Waals surface area contributed by atoms with E-state index in [9.17, 15) is 19.2 Å². The van der Waals surface area contributed by atoms with E-state index in [0.717, 1.165) is 116 Å². The summed E-state index contributed by atoms with van der Waals surface area (Å²) in [5.41, 5.74) is 14.6. The Balaban J connectivity index is 0.000000219. The fraction of sp³-hybridized carbons (Fsp3) is 0.403. The van der Waals surface area contributed by atoms with Crippen LogP contribution in [0.15, 0.2) is 106 Å². The van der Waals surface area contributed by atoms with Crippen molar-refractivity contribution in [3.8, 4) is 22.3 Å². The highest BCUT2D eigenvalue weighted by molar-refractivity contribution is 9.10. The van der Waals surface area contributed by atoms with Gasteiger partial charge in [0.1, 0.15) is 25.2 Å². The summed E-state index contributed by atoms with van der Waals surface area (Å²) in [6, 6.07) is 30.5. The number of carbonyl (C=O) groups is 4. The molecule has 0 bridgehead atoms. The van der Waals surface area contributed by atoms with Gasteiger partial charge in [0, 0.05) is 97.3 Å². The summed E-state index contributed by atoms with van der Waals surface area (Å²) in [5.74, 6) is -0.965. The molecule has 0 spiro atoms. The van der Waals surface area contributed by atoms with Gasteiger partial charge in [-0.1, -0.05) is 108 Å². The van der Waals surface area contributed by atoms with Crippen LogP contribution in [0.1, 0.15) is 80.2 Å². The lowest BCUT2D eigenvalue weighted by Gasteiger charge is -2.25. The molecule has 3 heterocycles. The number of halogens is 2. The summed E-state index contributed by atoms with van der Waals surface area (Å²) >= 11 is 7.12. The van der Waals surface area contributed by atoms with Gasteiger partial charge in [-0.3, -0.25) is 19.1 Å². The molecule has 0 saturated heterocycles. The lowest BCUT2D eigenvalue weighted by Crippen LogP contribution is -2.47. The van der Waals surface area contributed by atoms with Crippen LogP contribution in [-0.2, 0) is 57.2 Å². The van der Waals surface area contributed by atoms with Crippen LogP contribution in [0, 0.1) is 27.7 Å². The van der Waals surface area contributed by atoms with Gasteiger partial charge in [0.05, 0.1) is 23.6 Å². The lowest BCUT2D eigenvalue weighted by atomic mass is 9.87. The molecule has 2 aliphatic rings. The van der Waals surface area contributed by atoms with Crippen molar-refractivity contribution in [2.45, 2.75) is 142 Å². The molecule has 0 unspecified atom stereocenters. The molecule has 16 nitrogen and oxygen atoms in total. The molecule has 0 aliphatic heterocycles. The molecule has 4 atom stereocenters. The highest BCUT2D eigenvalue weighted by atomic mass is 79.9. The predicted octanol–water partition coefficient (Wildman–Crippen LogP) is 12.1. The second kappa shape index (κ2) is 27.8. The molecule has 21 heteroatoms. The van der Waals surface area contributed by atoms with Crippen LogP contribution in [-0.4, -0.2) is 102 Å². The summed E-state index contributed by atoms with van der Waals surface area (Å²) in [7, 11) is 0.734. The monoisotopic (exact) mass is 1280 g/mol. The lowest BCUT2D eigenvalue weighted by molar-refractivity contribution is -0.119. The zero-order chi connectivity index (χ0) is 59.8. The number of amides is 3. The van der Waals surface area contributed by atoms with Gasteiger partial charge < -0.3 is 35.4 Å². The number of hydrogen-bond acceptors (Lipinski definition) is 10. The van der Waals surface area contributed by atoms with Crippen LogP contribution in [0.3, 0.4) is 0 Å². The van der Waals surface area contributed by atoms with Crippen molar-refractivity contribution in [2.75, 3.05) is 23.8 Å². The summed E-state index contributed by atoms with van der Waals surface area (Å²) in [6.45, 7) is 24.6. The third kappa shape index (κ3) is 16.2. The smallest absolute Gasteiger partial charge is 0.291 e. The Morgan fingerprint density at radius 2 is 1.11 bits per heavy atom. The second-order valence-electron chi connectivity index (χ2n) is 24.1. The van der Waals surface area contributed by atoms with Crippen LogP contribution in [0.2, 0.25) is 51.4 Å². The molecule has 0 saturated carbocycles. The van der Waals surface area contributed by atoms with E-state index >= 15 is 0 Å². The van der Waals surface area contributed by atoms with Gasteiger partial charge in [0.15, 0.2) is 0 Å². The maximum absolute atomic E-state index is 13.9. The van der Waals surface area contributed by atoms with Gasteiger partial charge in [-0.25, -0.2) is 9.36 Å². The Bertz CT molecular complexity index is 3430. The number of rotatable bonds is 23. The first kappa shape index (κ1) is 63.0. The van der Waals surface area contributed by atoms with Crippen LogP contribution >= 0.6 is 31.9 Å². The molecule has 4 N–H and O–H groups in total. The normalized spacial score (nSPS) is 15.4. The van der Waals surface area contributed by atoms with Crippen molar-refractivity contribution < 1.29 is 28.7 Å². The van der Waals surface area contributed by atoms with E-state index in [1.54, 1.807) is 19.3 Å². The van der Waals surface area contributed by atoms with Crippen molar-refractivity contribution in [1.29, 1.82) is 0 Å². The number of carbonyl (C=O) groups excluding carboxylic acids is 4. The van der Waals surface area contributed by atoms with Crippen LogP contribution in [0.4, 0.5) is 11.4 Å². The summed E-state index contributed by atoms with van der Waals surface area (Å²) in [5, 5.41) is 25.7. The van der Waals surface area contributed by atoms with E-state index in [1.807, 2.05) is 83.9 Å². The van der Waals surface area contributed by atoms with Crippen LogP contribution < -0.4 is 21.2 Å². The molecule has 7 aromatic rings. The third-order valence-electron chi connectivity index (χ3n) is 15.6. The average Bonchev–Trinajstić information content (AvgIpc) is 4.37. The van der Waals surface area contributed by atoms with Gasteiger partial charge in [-0.05, 0) is 153 Å². The Labute approximate surface area is 508 Å². The number of aryl methyl sites for hydroxylation is 5. The Morgan fingerprint density at radius 3 is 1.53 bits per heavy atom. The van der Waals surface area contributed by atoms with Crippen LogP contribution in [0.5, 0.6) is 0 Å². The molecule has 437 valence electrons. The predicted molar refractivity (Wildman–Crippen MR) is 344 cm³/mol. The number of nitrogens with one attached hydrogen (secondary N) is 4. The maximum atomic E-state index is 13.9. The van der Waals surface area contributed by atoms with Gasteiger partial charge in [-0.2, -0.15) is 15.3 Å². The van der Waals surface area contributed by atoms with Crippen molar-refractivity contribution >= 4 is 90.7 Å². The first-order valence-corrected chi connectivity index (χ1v) is 37.4. The molecule has 2 aliphatic carbocycles. The minimum atomic E-state index is -1.15. The van der Waals surface area contributed by atoms with E-state index in [1.165, 1.54) is 23.2 Å². The zero-order valence-electron chi connectivity index (χ0n) is 49.7. The fourth-order valence-electron chi connectivity index (χ4n) is 11.0. The molecule has 83 heavy (non-hydrogen) atoms. The molecule has 4 aromatic carbocycles. The van der Waals surface area contributed by atoms with Gasteiger partial charge >= 0.3 is 0 Å². The minimum Gasteiger partial charge on any atom is -0.360 e. The molecule has 1 radical (unpaired) electrons. The first-order chi connectivity index (χ1) is 39.5. The molecule has 3 amide bonds. The highest BCUT2D eigenvalue weighted by Crippen LogP contribution is 2.40. The summed E-state index contributed by atoms with van der Waals surface area (Å²) in [6.07, 6.45) is 5.61. The molecular formula is C62H78BBr2N10O6Si2. The molecule has 9 rings (SSSR count). The second-order valence-corrected chi connectivity index (χ2v) is 37.2. The SMILES string of the molecule is Cc1nn(COCC[Si](C)(C)C)c(C)c1-c1ccc(NC(=O)[C@@H](NC(=O)c2ccnn2C)[C@@H]2CCc3ccc(Br)cc32)cc1.Cc1nn(COCC[Si](C)(C)C)c(C)c1-c1ccc(NC(=O)[C@@H](N[B]C=O)[C@@H]2CCc3ccc(Br)cc32)cc1. The number of anilines is 2. The number of nitrogens with zero attached hydrogens (tertiary/aromatic N) is 6. The quantitative estimate of drug-likeness (QED) is 0.0273. The topological polar surface area (TPSA) is 188 Å². The van der Waals surface area contributed by atoms with Crippen LogP contribution in [0.25, 0.3) is 22.3 Å². The Kier molecular flexibility index (Phi) is 21.1. The van der Waals surface area contributed by atoms with Gasteiger partial charge in [-0.15, -0.1) is 0 Å². The third-order valence-corrected chi connectivity index (χ3v) is 20.0. The van der Waals surface area contributed by atoms with E-state index < -0.39 is 28.2 Å². The standard InChI is InChI=1S/C33H41BrN6O3Si.C29H37BBrN4O3Si/c1-21-30(22(2)40(38-21)20-43-17-18-44(4,5)6)24-8-12-26(13-9-24)36-33(42)31(37-32(41)29-15-16-35-39(29)3)27-14-10-23-7-11-25(34)19-28(23)27;1-19-27(20(2)35(34-19)18-38-14-15-39(3,4)5)22-7-11-24(12-8-22)32-29(37)28(33-30-17-36)25-13-9-21-6-10-23(31)16-26(21)25/h7-9,11-13,15-16,19,27,31H,10,14,17-18,20H2,1-6H3,(H,36,42)(H,37,41);6-8,10-12,16-17,25,28,33H,9,13-15,18H2,1-5H3,(H,32,37)/t27-,31+;25-,28+/m11/s1. The maximum Gasteiger partial charge on any atom is 0.291 e. The number of ether oxygens (including phenoxy) is 2. The van der Waals surface area contributed by atoms with Crippen molar-refractivity contribution in [3.05, 3.63) is 157 Å². The van der Waals surface area contributed by atoms with Crippen molar-refractivity contribution in [3.63, 3.8) is 0 Å². The van der Waals surface area contributed by atoms with E-state index in [-0.39, 0.29) is 29.6 Å². The molecule has 3 aromatic heterocycles. The summed E-state index contributed by atoms with van der Waals surface area (Å²) < 4.78 is 19.1. The number of hydrogen-bond donors (Lipinski definition) is 4. The van der Waals surface area contributed by atoms with Gasteiger partial charge in [0.25, 0.3) is 13.3 Å². The zero-order valence-corrected chi connectivity index (χ0v) is 54.8. The Hall–Kier alpha value is -6.07. The molecular weight excluding hydrogens is 1210 g/mol.